The molecule has 0 amide bonds. The second kappa shape index (κ2) is 6.74. The van der Waals surface area contributed by atoms with Crippen LogP contribution in [-0.2, 0) is 9.84 Å². The Hall–Kier alpha value is 0.157. The number of halogens is 2. The van der Waals surface area contributed by atoms with Crippen molar-refractivity contribution in [3.05, 3.63) is 27.7 Å². The lowest BCUT2D eigenvalue weighted by molar-refractivity contribution is 0.304. The van der Waals surface area contributed by atoms with Crippen LogP contribution in [0.1, 0.15) is 36.9 Å². The maximum absolute atomic E-state index is 5.96. The van der Waals surface area contributed by atoms with Crippen molar-refractivity contribution in [1.29, 1.82) is 0 Å². The van der Waals surface area contributed by atoms with Crippen LogP contribution in [-0.4, -0.2) is 16.2 Å². The van der Waals surface area contributed by atoms with Crippen molar-refractivity contribution in [2.45, 2.75) is 44.3 Å². The van der Waals surface area contributed by atoms with Gasteiger partial charge in [-0.25, -0.2) is 0 Å². The molecule has 5 heteroatoms. The molecule has 1 atom stereocenters. The number of methoxy groups -OCH3 is 1. The number of hydrogen-bond acceptors (Lipinski definition) is 2. The molecule has 19 heavy (non-hydrogen) atoms. The van der Waals surface area contributed by atoms with E-state index in [0.717, 1.165) is 15.8 Å². The van der Waals surface area contributed by atoms with E-state index in [9.17, 15) is 0 Å². The fourth-order valence-electron chi connectivity index (χ4n) is 1.83. The van der Waals surface area contributed by atoms with Crippen molar-refractivity contribution in [2.24, 2.45) is 0 Å². The first-order chi connectivity index (χ1) is 8.66. The van der Waals surface area contributed by atoms with Gasteiger partial charge in [-0.15, -0.1) is 0 Å². The molecule has 0 saturated carbocycles. The van der Waals surface area contributed by atoms with Crippen molar-refractivity contribution in [3.63, 3.8) is 0 Å². The first kappa shape index (κ1) is 17.2. The topological polar surface area (TPSA) is 18.5 Å². The van der Waals surface area contributed by atoms with Crippen LogP contribution in [0.3, 0.4) is 0 Å². The molecule has 1 aromatic carbocycles. The Balaban J connectivity index is 3.33. The fraction of sp³-hybridized carbons (Fsp3) is 0.571. The van der Waals surface area contributed by atoms with E-state index in [0.29, 0.717) is 0 Å². The Kier molecular flexibility index (Phi) is 6.11. The van der Waals surface area contributed by atoms with Gasteiger partial charge in [0.2, 0.25) is 9.04 Å². The first-order valence-corrected chi connectivity index (χ1v) is 10.3. The molecule has 1 rings (SSSR count). The second-order valence-electron chi connectivity index (χ2n) is 5.67. The number of ether oxygens (including phenoxy) is 1. The molecule has 107 valence electrons. The summed E-state index contributed by atoms with van der Waals surface area (Å²) in [7, 11) is 0.909. The van der Waals surface area contributed by atoms with Crippen LogP contribution in [0.25, 0.3) is 0 Å². The summed E-state index contributed by atoms with van der Waals surface area (Å²) in [5.41, 5.74) is 2.44. The summed E-state index contributed by atoms with van der Waals surface area (Å²) in [6, 6.07) is 4.18. The molecule has 0 aliphatic heterocycles. The van der Waals surface area contributed by atoms with E-state index in [4.69, 9.17) is 9.16 Å². The summed E-state index contributed by atoms with van der Waals surface area (Å²) in [5.74, 6) is 0.831. The molecule has 1 aromatic rings. The number of rotatable bonds is 4. The molecule has 0 bridgehead atoms. The molecular weight excluding hydrogens is 388 g/mol. The van der Waals surface area contributed by atoms with E-state index < -0.39 is 9.04 Å². The van der Waals surface area contributed by atoms with Gasteiger partial charge in [-0.05, 0) is 57.7 Å². The zero-order chi connectivity index (χ0) is 14.8. The predicted octanol–water partition coefficient (Wildman–Crippen LogP) is 5.42. The van der Waals surface area contributed by atoms with E-state index in [2.05, 4.69) is 77.9 Å². The number of alkyl halides is 1. The van der Waals surface area contributed by atoms with Crippen LogP contribution < -0.4 is 4.74 Å². The van der Waals surface area contributed by atoms with Crippen LogP contribution in [0, 0.1) is 0 Å². The van der Waals surface area contributed by atoms with Gasteiger partial charge in [-0.1, -0.05) is 36.7 Å². The maximum Gasteiger partial charge on any atom is 0.207 e. The summed E-state index contributed by atoms with van der Waals surface area (Å²) in [5, 5.41) is -0.0902. The third kappa shape index (κ3) is 4.58. The highest BCUT2D eigenvalue weighted by Gasteiger charge is 2.24. The van der Waals surface area contributed by atoms with Crippen LogP contribution >= 0.6 is 31.9 Å². The minimum Gasteiger partial charge on any atom is -0.496 e. The molecular formula is C14H21Br2O2Si. The Bertz CT molecular complexity index is 442. The summed E-state index contributed by atoms with van der Waals surface area (Å²) >= 11 is 7.21. The van der Waals surface area contributed by atoms with Gasteiger partial charge >= 0.3 is 0 Å². The lowest BCUT2D eigenvalue weighted by Gasteiger charge is -2.27. The molecule has 0 N–H and O–H groups in total. The lowest BCUT2D eigenvalue weighted by Crippen LogP contribution is -2.18. The molecule has 0 spiro atoms. The molecule has 0 aliphatic rings. The van der Waals surface area contributed by atoms with Gasteiger partial charge in [0, 0.05) is 0 Å². The largest absolute Gasteiger partial charge is 0.496 e. The number of benzene rings is 1. The van der Waals surface area contributed by atoms with Crippen LogP contribution in [0.5, 0.6) is 5.75 Å². The van der Waals surface area contributed by atoms with Crippen molar-refractivity contribution in [2.75, 3.05) is 7.11 Å². The Labute approximate surface area is 134 Å². The van der Waals surface area contributed by atoms with Crippen molar-refractivity contribution in [1.82, 2.24) is 0 Å². The zero-order valence-corrected chi connectivity index (χ0v) is 16.5. The normalized spacial score (nSPS) is 13.7. The summed E-state index contributed by atoms with van der Waals surface area (Å²) in [6.45, 7) is 10.9. The third-order valence-corrected chi connectivity index (χ3v) is 5.07. The first-order valence-electron chi connectivity index (χ1n) is 6.15. The summed E-state index contributed by atoms with van der Waals surface area (Å²) < 4.78 is 12.3. The van der Waals surface area contributed by atoms with Crippen LogP contribution in [0.2, 0.25) is 13.1 Å². The monoisotopic (exact) mass is 407 g/mol. The van der Waals surface area contributed by atoms with Gasteiger partial charge in [0.25, 0.3) is 0 Å². The van der Waals surface area contributed by atoms with E-state index in [1.807, 2.05) is 0 Å². The maximum atomic E-state index is 5.96. The van der Waals surface area contributed by atoms with Gasteiger partial charge in [0.05, 0.1) is 11.6 Å². The van der Waals surface area contributed by atoms with E-state index in [-0.39, 0.29) is 10.4 Å². The molecule has 0 aliphatic carbocycles. The highest BCUT2D eigenvalue weighted by Crippen LogP contribution is 2.40. The molecule has 2 nitrogen and oxygen atoms in total. The van der Waals surface area contributed by atoms with E-state index in [1.54, 1.807) is 7.11 Å². The molecule has 0 heterocycles. The standard InChI is InChI=1S/C14H21Br2O2Si/c1-14(2,3)10-8-11(15)12(17-4)7-9(10)13(16)18-19(5)6/h7-8,13H,1-6H3. The van der Waals surface area contributed by atoms with E-state index >= 15 is 0 Å². The van der Waals surface area contributed by atoms with Gasteiger partial charge in [0.15, 0.2) is 0 Å². The molecule has 1 unspecified atom stereocenters. The van der Waals surface area contributed by atoms with Crippen molar-refractivity contribution >= 4 is 40.9 Å². The molecule has 0 saturated heterocycles. The minimum absolute atomic E-state index is 0.0495. The third-order valence-electron chi connectivity index (χ3n) is 2.72. The summed E-state index contributed by atoms with van der Waals surface area (Å²) in [6.07, 6.45) is 0. The molecule has 0 aromatic heterocycles. The quantitative estimate of drug-likeness (QED) is 0.489. The fourth-order valence-corrected chi connectivity index (χ4v) is 4.38. The van der Waals surface area contributed by atoms with Crippen LogP contribution in [0.4, 0.5) is 0 Å². The van der Waals surface area contributed by atoms with Gasteiger partial charge in [-0.2, -0.15) is 0 Å². The predicted molar refractivity (Wildman–Crippen MR) is 89.6 cm³/mol. The van der Waals surface area contributed by atoms with Gasteiger partial charge < -0.3 is 9.16 Å². The summed E-state index contributed by atoms with van der Waals surface area (Å²) in [4.78, 5) is 0. The van der Waals surface area contributed by atoms with Crippen molar-refractivity contribution in [3.8, 4) is 5.75 Å². The lowest BCUT2D eigenvalue weighted by atomic mass is 9.84. The average molecular weight is 409 g/mol. The Morgan fingerprint density at radius 2 is 1.79 bits per heavy atom. The van der Waals surface area contributed by atoms with Crippen molar-refractivity contribution < 1.29 is 9.16 Å². The molecule has 0 fully saturated rings. The zero-order valence-electron chi connectivity index (χ0n) is 12.3. The smallest absolute Gasteiger partial charge is 0.207 e. The van der Waals surface area contributed by atoms with Gasteiger partial charge in [-0.3, -0.25) is 0 Å². The highest BCUT2D eigenvalue weighted by atomic mass is 79.9. The van der Waals surface area contributed by atoms with Gasteiger partial charge in [0.1, 0.15) is 10.8 Å². The second-order valence-corrected chi connectivity index (χ2v) is 9.40. The Morgan fingerprint density at radius 1 is 1.21 bits per heavy atom. The number of hydrogen-bond donors (Lipinski definition) is 0. The minimum atomic E-state index is -0.771. The highest BCUT2D eigenvalue weighted by molar-refractivity contribution is 9.10. The van der Waals surface area contributed by atoms with Crippen LogP contribution in [0.15, 0.2) is 16.6 Å². The SMILES string of the molecule is COc1cc(C(Br)O[Si](C)C)c(C(C)(C)C)cc1Br. The Morgan fingerprint density at radius 3 is 2.21 bits per heavy atom. The van der Waals surface area contributed by atoms with E-state index in [1.165, 1.54) is 5.56 Å². The molecule has 1 radical (unpaired) electrons. The average Bonchev–Trinajstić information content (AvgIpc) is 2.26.